The van der Waals surface area contributed by atoms with Crippen LogP contribution >= 0.6 is 11.8 Å². The molecule has 0 bridgehead atoms. The Morgan fingerprint density at radius 3 is 2.78 bits per heavy atom. The number of methoxy groups -OCH3 is 1. The lowest BCUT2D eigenvalue weighted by molar-refractivity contribution is 0.174. The summed E-state index contributed by atoms with van der Waals surface area (Å²) < 4.78 is 7.34. The first kappa shape index (κ1) is 14.7. The van der Waals surface area contributed by atoms with Crippen molar-refractivity contribution < 1.29 is 9.84 Å². The molecule has 0 radical (unpaired) electrons. The summed E-state index contributed by atoms with van der Waals surface area (Å²) in [4.78, 5) is 0.0569. The number of thioether (sulfide) groups is 1. The molecule has 1 aliphatic heterocycles. The van der Waals surface area contributed by atoms with Gasteiger partial charge in [0.05, 0.1) is 18.5 Å². The highest BCUT2D eigenvalue weighted by Gasteiger charge is 2.42. The number of nitrogens with zero attached hydrogens (tertiary/aromatic N) is 1. The number of rotatable bonds is 2. The molecule has 4 heteroatoms. The molecule has 1 aromatic heterocycles. The number of aromatic nitrogens is 1. The van der Waals surface area contributed by atoms with Gasteiger partial charge in [-0.25, -0.2) is 0 Å². The molecule has 0 saturated heterocycles. The highest BCUT2D eigenvalue weighted by atomic mass is 32.2. The Hall–Kier alpha value is -1.91. The van der Waals surface area contributed by atoms with Gasteiger partial charge >= 0.3 is 0 Å². The van der Waals surface area contributed by atoms with Crippen molar-refractivity contribution in [2.45, 2.75) is 18.3 Å². The van der Waals surface area contributed by atoms with Crippen molar-refractivity contribution in [2.24, 2.45) is 5.92 Å². The van der Waals surface area contributed by atoms with E-state index < -0.39 is 4.93 Å². The van der Waals surface area contributed by atoms with Crippen LogP contribution in [0.3, 0.4) is 0 Å². The number of ether oxygens (including phenoxy) is 1. The van der Waals surface area contributed by atoms with Crippen LogP contribution in [-0.2, 0) is 4.93 Å². The quantitative estimate of drug-likeness (QED) is 0.898. The normalized spacial score (nSPS) is 26.0. The van der Waals surface area contributed by atoms with Crippen LogP contribution in [0.15, 0.2) is 59.7 Å². The Balaban J connectivity index is 1.86. The third-order valence-electron chi connectivity index (χ3n) is 4.47. The molecule has 1 aromatic carbocycles. The Bertz CT molecular complexity index is 803. The highest BCUT2D eigenvalue weighted by molar-refractivity contribution is 8.04. The Kier molecular flexibility index (Phi) is 3.39. The SMILES string of the molecule is COc1ccc(C2(O)SC3=CC(C)CC=C3n3cccc32)cc1. The molecule has 0 saturated carbocycles. The third-order valence-corrected chi connectivity index (χ3v) is 5.77. The van der Waals surface area contributed by atoms with Gasteiger partial charge in [0.25, 0.3) is 0 Å². The van der Waals surface area contributed by atoms with E-state index >= 15 is 0 Å². The number of hydrogen-bond donors (Lipinski definition) is 1. The maximum absolute atomic E-state index is 11.5. The number of fused-ring (bicyclic) bond motifs is 3. The minimum atomic E-state index is -1.09. The van der Waals surface area contributed by atoms with Gasteiger partial charge in [-0.05, 0) is 36.6 Å². The molecule has 1 aliphatic carbocycles. The molecular formula is C19H19NO2S. The molecule has 118 valence electrons. The second-order valence-electron chi connectivity index (χ2n) is 6.07. The molecule has 0 fully saturated rings. The van der Waals surface area contributed by atoms with Crippen molar-refractivity contribution in [3.05, 3.63) is 70.9 Å². The van der Waals surface area contributed by atoms with Crippen molar-refractivity contribution in [1.82, 2.24) is 4.57 Å². The molecule has 2 heterocycles. The third kappa shape index (κ3) is 2.25. The van der Waals surface area contributed by atoms with E-state index in [0.29, 0.717) is 5.92 Å². The predicted molar refractivity (Wildman–Crippen MR) is 94.2 cm³/mol. The first-order valence-electron chi connectivity index (χ1n) is 7.78. The largest absolute Gasteiger partial charge is 0.497 e. The monoisotopic (exact) mass is 325 g/mol. The lowest BCUT2D eigenvalue weighted by Crippen LogP contribution is -2.31. The minimum absolute atomic E-state index is 0.499. The summed E-state index contributed by atoms with van der Waals surface area (Å²) in [6, 6.07) is 11.6. The summed E-state index contributed by atoms with van der Waals surface area (Å²) in [5.74, 6) is 1.29. The van der Waals surface area contributed by atoms with Crippen molar-refractivity contribution in [2.75, 3.05) is 7.11 Å². The van der Waals surface area contributed by atoms with E-state index in [1.54, 1.807) is 7.11 Å². The summed E-state index contributed by atoms with van der Waals surface area (Å²) >= 11 is 1.52. The van der Waals surface area contributed by atoms with Gasteiger partial charge in [-0.3, -0.25) is 0 Å². The number of benzene rings is 1. The van der Waals surface area contributed by atoms with Gasteiger partial charge < -0.3 is 14.4 Å². The maximum Gasteiger partial charge on any atom is 0.181 e. The molecule has 2 aliphatic rings. The number of hydrogen-bond acceptors (Lipinski definition) is 3. The second-order valence-corrected chi connectivity index (χ2v) is 7.31. The zero-order chi connectivity index (χ0) is 16.0. The molecule has 0 spiro atoms. The fourth-order valence-corrected chi connectivity index (χ4v) is 4.65. The zero-order valence-corrected chi connectivity index (χ0v) is 14.0. The van der Waals surface area contributed by atoms with Crippen molar-refractivity contribution >= 4 is 17.5 Å². The Morgan fingerprint density at radius 2 is 2.04 bits per heavy atom. The topological polar surface area (TPSA) is 34.4 Å². The first-order valence-corrected chi connectivity index (χ1v) is 8.60. The van der Waals surface area contributed by atoms with E-state index in [1.807, 2.05) is 42.6 Å². The number of allylic oxidation sites excluding steroid dienone is 3. The molecule has 3 nitrogen and oxygen atoms in total. The molecule has 4 rings (SSSR count). The van der Waals surface area contributed by atoms with Crippen molar-refractivity contribution in [1.29, 1.82) is 0 Å². The van der Waals surface area contributed by atoms with E-state index in [0.717, 1.165) is 28.3 Å². The van der Waals surface area contributed by atoms with Gasteiger partial charge in [-0.15, -0.1) is 0 Å². The molecule has 2 atom stereocenters. The van der Waals surface area contributed by atoms with Crippen LogP contribution in [0.25, 0.3) is 5.70 Å². The lowest BCUT2D eigenvalue weighted by atomic mass is 10.00. The smallest absolute Gasteiger partial charge is 0.181 e. The van der Waals surface area contributed by atoms with Gasteiger partial charge in [-0.1, -0.05) is 43.0 Å². The average molecular weight is 325 g/mol. The van der Waals surface area contributed by atoms with E-state index in [2.05, 4.69) is 23.6 Å². The van der Waals surface area contributed by atoms with Crippen LogP contribution in [0.5, 0.6) is 5.75 Å². The summed E-state index contributed by atoms with van der Waals surface area (Å²) in [6.07, 6.45) is 7.60. The van der Waals surface area contributed by atoms with Gasteiger partial charge in [0.15, 0.2) is 4.93 Å². The van der Waals surface area contributed by atoms with Crippen LogP contribution in [0.2, 0.25) is 0 Å². The van der Waals surface area contributed by atoms with Gasteiger partial charge in [0, 0.05) is 16.7 Å². The summed E-state index contributed by atoms with van der Waals surface area (Å²) in [5, 5.41) is 11.5. The van der Waals surface area contributed by atoms with Crippen LogP contribution in [0.4, 0.5) is 0 Å². The van der Waals surface area contributed by atoms with Gasteiger partial charge in [0.1, 0.15) is 5.75 Å². The Labute approximate surface area is 140 Å². The van der Waals surface area contributed by atoms with Crippen molar-refractivity contribution in [3.63, 3.8) is 0 Å². The summed E-state index contributed by atoms with van der Waals surface area (Å²) in [7, 11) is 1.65. The first-order chi connectivity index (χ1) is 11.1. The van der Waals surface area contributed by atoms with E-state index in [1.165, 1.54) is 17.5 Å². The summed E-state index contributed by atoms with van der Waals surface area (Å²) in [6.45, 7) is 2.21. The second kappa shape index (κ2) is 5.32. The lowest BCUT2D eigenvalue weighted by Gasteiger charge is -2.37. The molecule has 0 amide bonds. The van der Waals surface area contributed by atoms with Crippen LogP contribution < -0.4 is 4.74 Å². The standard InChI is InChI=1S/C19H19NO2S/c1-13-5-10-16-17(12-13)23-19(21,18-4-3-11-20(16)18)14-6-8-15(22-2)9-7-14/h3-4,6-13,21H,5H2,1-2H3. The molecule has 23 heavy (non-hydrogen) atoms. The Morgan fingerprint density at radius 1 is 1.26 bits per heavy atom. The molecule has 1 N–H and O–H groups in total. The van der Waals surface area contributed by atoms with E-state index in [-0.39, 0.29) is 0 Å². The zero-order valence-electron chi connectivity index (χ0n) is 13.2. The average Bonchev–Trinajstić information content (AvgIpc) is 3.05. The summed E-state index contributed by atoms with van der Waals surface area (Å²) in [5.41, 5.74) is 2.94. The highest BCUT2D eigenvalue weighted by Crippen LogP contribution is 2.53. The van der Waals surface area contributed by atoms with Gasteiger partial charge in [-0.2, -0.15) is 0 Å². The van der Waals surface area contributed by atoms with Crippen molar-refractivity contribution in [3.8, 4) is 5.75 Å². The predicted octanol–water partition coefficient (Wildman–Crippen LogP) is 4.20. The van der Waals surface area contributed by atoms with Crippen LogP contribution in [0, 0.1) is 5.92 Å². The molecule has 2 unspecified atom stereocenters. The maximum atomic E-state index is 11.5. The fourth-order valence-electron chi connectivity index (χ4n) is 3.22. The molecular weight excluding hydrogens is 306 g/mol. The van der Waals surface area contributed by atoms with E-state index in [4.69, 9.17) is 4.74 Å². The molecule has 2 aromatic rings. The minimum Gasteiger partial charge on any atom is -0.497 e. The van der Waals surface area contributed by atoms with Gasteiger partial charge in [0.2, 0.25) is 0 Å². The van der Waals surface area contributed by atoms with E-state index in [9.17, 15) is 5.11 Å². The number of aliphatic hydroxyl groups is 1. The van der Waals surface area contributed by atoms with Crippen LogP contribution in [-0.4, -0.2) is 16.8 Å². The fraction of sp³-hybridized carbons (Fsp3) is 0.263. The van der Waals surface area contributed by atoms with Crippen LogP contribution in [0.1, 0.15) is 24.6 Å².